The van der Waals surface area contributed by atoms with E-state index in [4.69, 9.17) is 0 Å². The zero-order valence-electron chi connectivity index (χ0n) is 7.02. The number of esters is 1. The van der Waals surface area contributed by atoms with Crippen molar-refractivity contribution >= 4 is 27.7 Å². The number of hydrogen-bond donors (Lipinski definition) is 0. The lowest BCUT2D eigenvalue weighted by Gasteiger charge is -2.10. The lowest BCUT2D eigenvalue weighted by molar-refractivity contribution is -0.171. The van der Waals surface area contributed by atoms with Crippen molar-refractivity contribution in [3.63, 3.8) is 0 Å². The Kier molecular flexibility index (Phi) is 2.64. The van der Waals surface area contributed by atoms with E-state index in [0.717, 1.165) is 7.11 Å². The van der Waals surface area contributed by atoms with Gasteiger partial charge < -0.3 is 4.74 Å². The van der Waals surface area contributed by atoms with Crippen LogP contribution in [-0.2, 0) is 14.3 Å². The number of carbonyl (C=O) groups is 2. The first-order valence-electron chi connectivity index (χ1n) is 3.62. The molecule has 0 saturated heterocycles. The number of methoxy groups -OCH3 is 1. The van der Waals surface area contributed by atoms with Crippen LogP contribution in [0.1, 0.15) is 6.42 Å². The van der Waals surface area contributed by atoms with E-state index in [9.17, 15) is 22.8 Å². The zero-order valence-corrected chi connectivity index (χ0v) is 8.61. The monoisotopic (exact) mass is 274 g/mol. The molecule has 80 valence electrons. The molecule has 1 saturated carbocycles. The first kappa shape index (κ1) is 11.5. The lowest BCUT2D eigenvalue weighted by Crippen LogP contribution is -2.34. The van der Waals surface area contributed by atoms with Crippen LogP contribution in [0.3, 0.4) is 0 Å². The van der Waals surface area contributed by atoms with E-state index in [-0.39, 0.29) is 6.42 Å². The molecule has 0 aliphatic heterocycles. The van der Waals surface area contributed by atoms with Gasteiger partial charge >= 0.3 is 12.1 Å². The summed E-state index contributed by atoms with van der Waals surface area (Å²) >= 11 is 2.63. The summed E-state index contributed by atoms with van der Waals surface area (Å²) < 4.78 is 38.4. The largest absolute Gasteiger partial charge is 0.469 e. The maximum absolute atomic E-state index is 12.0. The smallest absolute Gasteiger partial charge is 0.451 e. The molecule has 1 fully saturated rings. The molecule has 0 spiro atoms. The van der Waals surface area contributed by atoms with Gasteiger partial charge in [0.05, 0.1) is 13.0 Å². The average molecular weight is 275 g/mol. The van der Waals surface area contributed by atoms with Crippen molar-refractivity contribution in [2.75, 3.05) is 7.11 Å². The minimum atomic E-state index is -4.92. The molecule has 0 radical (unpaired) electrons. The highest BCUT2D eigenvalue weighted by molar-refractivity contribution is 9.10. The molecule has 1 rings (SSSR count). The number of ketones is 1. The van der Waals surface area contributed by atoms with Gasteiger partial charge in [-0.15, -0.1) is 0 Å². The van der Waals surface area contributed by atoms with Crippen LogP contribution >= 0.6 is 15.9 Å². The number of Topliss-reactive ketones (excluding diaryl/α,β-unsaturated/α-hetero) is 1. The Morgan fingerprint density at radius 3 is 2.36 bits per heavy atom. The van der Waals surface area contributed by atoms with E-state index >= 15 is 0 Å². The average Bonchev–Trinajstić information content (AvgIpc) is 2.75. The first-order chi connectivity index (χ1) is 6.23. The Balaban J connectivity index is 2.74. The highest BCUT2D eigenvalue weighted by atomic mass is 79.9. The quantitative estimate of drug-likeness (QED) is 0.565. The summed E-state index contributed by atoms with van der Waals surface area (Å²) in [7, 11) is 1.06. The van der Waals surface area contributed by atoms with Gasteiger partial charge in [0.15, 0.2) is 0 Å². The van der Waals surface area contributed by atoms with Crippen LogP contribution in [0, 0.1) is 5.92 Å². The normalized spacial score (nSPS) is 31.1. The molecular weight excluding hydrogens is 269 g/mol. The topological polar surface area (TPSA) is 43.4 Å². The van der Waals surface area contributed by atoms with Gasteiger partial charge in [-0.1, -0.05) is 15.9 Å². The molecule has 7 heteroatoms. The van der Waals surface area contributed by atoms with Gasteiger partial charge in [-0.2, -0.15) is 13.2 Å². The standard InChI is InChI=1S/C7H6BrF3O3/c1-14-4(12)3-2-6(3,8)5(13)7(9,10)11/h3H,2H2,1H3. The summed E-state index contributed by atoms with van der Waals surface area (Å²) in [6, 6.07) is 0. The third kappa shape index (κ3) is 1.77. The van der Waals surface area contributed by atoms with E-state index in [0.29, 0.717) is 0 Å². The second kappa shape index (κ2) is 3.22. The molecule has 3 nitrogen and oxygen atoms in total. The van der Waals surface area contributed by atoms with Gasteiger partial charge in [0.25, 0.3) is 5.78 Å². The van der Waals surface area contributed by atoms with E-state index in [2.05, 4.69) is 20.7 Å². The molecule has 2 atom stereocenters. The Bertz CT molecular complexity index is 288. The summed E-state index contributed by atoms with van der Waals surface area (Å²) in [5, 5.41) is 0. The predicted molar refractivity (Wildman–Crippen MR) is 42.8 cm³/mol. The second-order valence-corrected chi connectivity index (χ2v) is 4.38. The van der Waals surface area contributed by atoms with Crippen molar-refractivity contribution in [1.29, 1.82) is 0 Å². The van der Waals surface area contributed by atoms with Gasteiger partial charge in [-0.25, -0.2) is 0 Å². The van der Waals surface area contributed by atoms with E-state index < -0.39 is 28.2 Å². The highest BCUT2D eigenvalue weighted by Crippen LogP contribution is 2.55. The lowest BCUT2D eigenvalue weighted by atomic mass is 10.2. The molecule has 0 aromatic rings. The van der Waals surface area contributed by atoms with Crippen molar-refractivity contribution < 1.29 is 27.5 Å². The highest BCUT2D eigenvalue weighted by Gasteiger charge is 2.68. The SMILES string of the molecule is COC(=O)C1CC1(Br)C(=O)C(F)(F)F. The molecule has 0 amide bonds. The molecule has 0 bridgehead atoms. The summed E-state index contributed by atoms with van der Waals surface area (Å²) in [5.74, 6) is -3.76. The molecule has 0 aromatic heterocycles. The van der Waals surface area contributed by atoms with Crippen molar-refractivity contribution in [3.8, 4) is 0 Å². The molecular formula is C7H6BrF3O3. The molecule has 1 aliphatic rings. The second-order valence-electron chi connectivity index (χ2n) is 2.97. The fourth-order valence-corrected chi connectivity index (χ4v) is 1.87. The Hall–Kier alpha value is -0.590. The fraction of sp³-hybridized carbons (Fsp3) is 0.714. The van der Waals surface area contributed by atoms with Crippen molar-refractivity contribution in [1.82, 2.24) is 0 Å². The number of ether oxygens (including phenoxy) is 1. The van der Waals surface area contributed by atoms with Crippen LogP contribution in [0.15, 0.2) is 0 Å². The molecule has 0 heterocycles. The molecule has 1 aliphatic carbocycles. The zero-order chi connectivity index (χ0) is 11.1. The van der Waals surface area contributed by atoms with Crippen LogP contribution < -0.4 is 0 Å². The third-order valence-corrected chi connectivity index (χ3v) is 3.25. The van der Waals surface area contributed by atoms with Gasteiger partial charge in [0.2, 0.25) is 0 Å². The van der Waals surface area contributed by atoms with Crippen LogP contribution in [-0.4, -0.2) is 29.4 Å². The third-order valence-electron chi connectivity index (χ3n) is 2.01. The Morgan fingerprint density at radius 1 is 1.50 bits per heavy atom. The van der Waals surface area contributed by atoms with Crippen LogP contribution in [0.2, 0.25) is 0 Å². The van der Waals surface area contributed by atoms with Crippen LogP contribution in [0.25, 0.3) is 0 Å². The minimum absolute atomic E-state index is 0.169. The number of rotatable bonds is 2. The van der Waals surface area contributed by atoms with E-state index in [1.165, 1.54) is 0 Å². The number of carbonyl (C=O) groups excluding carboxylic acids is 2. The van der Waals surface area contributed by atoms with Gasteiger partial charge in [0.1, 0.15) is 4.32 Å². The van der Waals surface area contributed by atoms with E-state index in [1.807, 2.05) is 0 Å². The molecule has 2 unspecified atom stereocenters. The van der Waals surface area contributed by atoms with Gasteiger partial charge in [-0.05, 0) is 6.42 Å². The molecule has 0 aromatic carbocycles. The summed E-state index contributed by atoms with van der Waals surface area (Å²) in [5.41, 5.74) is 0. The predicted octanol–water partition coefficient (Wildman–Crippen LogP) is 1.44. The van der Waals surface area contributed by atoms with Crippen molar-refractivity contribution in [3.05, 3.63) is 0 Å². The summed E-state index contributed by atoms with van der Waals surface area (Å²) in [6.07, 6.45) is -5.09. The Labute approximate surface area is 85.7 Å². The maximum Gasteiger partial charge on any atom is 0.451 e. The Morgan fingerprint density at radius 2 is 2.00 bits per heavy atom. The van der Waals surface area contributed by atoms with Crippen molar-refractivity contribution in [2.45, 2.75) is 16.9 Å². The fourth-order valence-electron chi connectivity index (χ4n) is 1.14. The maximum atomic E-state index is 12.0. The van der Waals surface area contributed by atoms with E-state index in [1.54, 1.807) is 0 Å². The number of hydrogen-bond acceptors (Lipinski definition) is 3. The summed E-state index contributed by atoms with van der Waals surface area (Å²) in [4.78, 5) is 21.6. The van der Waals surface area contributed by atoms with Crippen LogP contribution in [0.5, 0.6) is 0 Å². The minimum Gasteiger partial charge on any atom is -0.469 e. The summed E-state index contributed by atoms with van der Waals surface area (Å²) in [6.45, 7) is 0. The molecule has 14 heavy (non-hydrogen) atoms. The van der Waals surface area contributed by atoms with Gasteiger partial charge in [0, 0.05) is 0 Å². The number of alkyl halides is 4. The van der Waals surface area contributed by atoms with Gasteiger partial charge in [-0.3, -0.25) is 9.59 Å². The first-order valence-corrected chi connectivity index (χ1v) is 4.41. The molecule has 0 N–H and O–H groups in total. The van der Waals surface area contributed by atoms with Crippen molar-refractivity contribution in [2.24, 2.45) is 5.92 Å². The number of halogens is 4. The van der Waals surface area contributed by atoms with Crippen LogP contribution in [0.4, 0.5) is 13.2 Å².